The molecule has 0 unspecified atom stereocenters. The van der Waals surface area contributed by atoms with E-state index in [2.05, 4.69) is 11.7 Å². The molecule has 0 N–H and O–H groups in total. The number of hydrogen-bond acceptors (Lipinski definition) is 3. The maximum Gasteiger partial charge on any atom is 0.337 e. The minimum Gasteiger partial charge on any atom is -0.465 e. The fourth-order valence-corrected chi connectivity index (χ4v) is 1.79. The minimum atomic E-state index is -0.353. The summed E-state index contributed by atoms with van der Waals surface area (Å²) in [7, 11) is 1.36. The highest BCUT2D eigenvalue weighted by molar-refractivity contribution is 5.89. The van der Waals surface area contributed by atoms with Crippen LogP contribution < -0.4 is 0 Å². The number of methoxy groups -OCH3 is 1. The maximum atomic E-state index is 11.3. The van der Waals surface area contributed by atoms with Gasteiger partial charge >= 0.3 is 5.97 Å². The zero-order chi connectivity index (χ0) is 14.1. The lowest BCUT2D eigenvalue weighted by Crippen LogP contribution is -2.00. The number of ether oxygens (including phenoxy) is 1. The second-order valence-corrected chi connectivity index (χ2v) is 4.41. The van der Waals surface area contributed by atoms with E-state index in [0.717, 1.165) is 43.1 Å². The van der Waals surface area contributed by atoms with Crippen LogP contribution in [0.25, 0.3) is 6.08 Å². The zero-order valence-electron chi connectivity index (χ0n) is 11.5. The Hall–Kier alpha value is -1.90. The number of allylic oxidation sites excluding steroid dienone is 1. The number of esters is 1. The molecule has 0 atom stereocenters. The number of carbonyl (C=O) groups is 2. The van der Waals surface area contributed by atoms with E-state index in [-0.39, 0.29) is 5.97 Å². The smallest absolute Gasteiger partial charge is 0.337 e. The van der Waals surface area contributed by atoms with Crippen molar-refractivity contribution in [1.82, 2.24) is 0 Å². The van der Waals surface area contributed by atoms with Gasteiger partial charge in [0, 0.05) is 0 Å². The maximum absolute atomic E-state index is 11.3. The van der Waals surface area contributed by atoms with Crippen molar-refractivity contribution in [3.05, 3.63) is 41.0 Å². The highest BCUT2D eigenvalue weighted by Gasteiger charge is 2.04. The monoisotopic (exact) mass is 260 g/mol. The van der Waals surface area contributed by atoms with Crippen LogP contribution in [0.5, 0.6) is 0 Å². The van der Waals surface area contributed by atoms with Crippen molar-refractivity contribution in [3.8, 4) is 0 Å². The van der Waals surface area contributed by atoms with Crippen LogP contribution in [0.1, 0.15) is 48.5 Å². The fourth-order valence-electron chi connectivity index (χ4n) is 1.79. The summed E-state index contributed by atoms with van der Waals surface area (Å²) < 4.78 is 4.63. The Morgan fingerprint density at radius 3 is 2.42 bits per heavy atom. The average molecular weight is 260 g/mol. The molecule has 3 nitrogen and oxygen atoms in total. The van der Waals surface area contributed by atoms with Gasteiger partial charge in [0.1, 0.15) is 6.29 Å². The van der Waals surface area contributed by atoms with Crippen molar-refractivity contribution < 1.29 is 14.3 Å². The normalized spacial score (nSPS) is 11.2. The molecule has 0 bridgehead atoms. The number of carbonyl (C=O) groups excluding carboxylic acids is 2. The van der Waals surface area contributed by atoms with E-state index < -0.39 is 0 Å². The Bertz CT molecular complexity index is 444. The first-order valence-corrected chi connectivity index (χ1v) is 6.55. The third-order valence-electron chi connectivity index (χ3n) is 2.90. The van der Waals surface area contributed by atoms with Crippen LogP contribution in [0.15, 0.2) is 29.8 Å². The van der Waals surface area contributed by atoms with E-state index in [1.807, 2.05) is 18.2 Å². The van der Waals surface area contributed by atoms with Crippen molar-refractivity contribution >= 4 is 18.3 Å². The molecule has 3 heteroatoms. The summed E-state index contributed by atoms with van der Waals surface area (Å²) in [5.74, 6) is -0.353. The SMILES string of the molecule is CCCCC/C(C=O)=C\c1ccc(C(=O)OC)cc1. The molecule has 1 rings (SSSR count). The molecule has 102 valence electrons. The summed E-state index contributed by atoms with van der Waals surface area (Å²) in [6.07, 6.45) is 6.87. The van der Waals surface area contributed by atoms with E-state index in [4.69, 9.17) is 0 Å². The van der Waals surface area contributed by atoms with Crippen molar-refractivity contribution in [1.29, 1.82) is 0 Å². The first-order chi connectivity index (χ1) is 9.21. The van der Waals surface area contributed by atoms with E-state index in [0.29, 0.717) is 5.56 Å². The summed E-state index contributed by atoms with van der Waals surface area (Å²) >= 11 is 0. The number of benzene rings is 1. The van der Waals surface area contributed by atoms with Gasteiger partial charge in [-0.25, -0.2) is 4.79 Å². The van der Waals surface area contributed by atoms with Crippen LogP contribution in [0.2, 0.25) is 0 Å². The molecule has 0 aliphatic rings. The second kappa shape index (κ2) is 8.25. The molecule has 0 aliphatic carbocycles. The van der Waals surface area contributed by atoms with Gasteiger partial charge in [-0.1, -0.05) is 31.9 Å². The lowest BCUT2D eigenvalue weighted by Gasteiger charge is -2.02. The highest BCUT2D eigenvalue weighted by atomic mass is 16.5. The summed E-state index contributed by atoms with van der Waals surface area (Å²) in [5.41, 5.74) is 2.23. The molecule has 0 aliphatic heterocycles. The van der Waals surface area contributed by atoms with Crippen molar-refractivity contribution in [2.75, 3.05) is 7.11 Å². The van der Waals surface area contributed by atoms with Crippen molar-refractivity contribution in [2.24, 2.45) is 0 Å². The summed E-state index contributed by atoms with van der Waals surface area (Å²) in [4.78, 5) is 22.3. The molecule has 0 heterocycles. The molecule has 1 aromatic carbocycles. The minimum absolute atomic E-state index is 0.353. The Balaban J connectivity index is 2.73. The predicted octanol–water partition coefficient (Wildman–Crippen LogP) is 3.64. The molecule has 0 saturated heterocycles. The third-order valence-corrected chi connectivity index (χ3v) is 2.90. The van der Waals surface area contributed by atoms with Crippen LogP contribution in [0.3, 0.4) is 0 Å². The molecule has 0 saturated carbocycles. The highest BCUT2D eigenvalue weighted by Crippen LogP contribution is 2.13. The number of hydrogen-bond donors (Lipinski definition) is 0. The zero-order valence-corrected chi connectivity index (χ0v) is 11.5. The predicted molar refractivity (Wildman–Crippen MR) is 76.0 cm³/mol. The van der Waals surface area contributed by atoms with E-state index in [9.17, 15) is 9.59 Å². The van der Waals surface area contributed by atoms with Crippen molar-refractivity contribution in [2.45, 2.75) is 32.6 Å². The largest absolute Gasteiger partial charge is 0.465 e. The Morgan fingerprint density at radius 1 is 1.21 bits per heavy atom. The summed E-state index contributed by atoms with van der Waals surface area (Å²) in [6.45, 7) is 2.13. The van der Waals surface area contributed by atoms with Gasteiger partial charge in [-0.05, 0) is 42.2 Å². The lowest BCUT2D eigenvalue weighted by atomic mass is 10.0. The number of aldehydes is 1. The lowest BCUT2D eigenvalue weighted by molar-refractivity contribution is -0.105. The van der Waals surface area contributed by atoms with E-state index >= 15 is 0 Å². The Labute approximate surface area is 114 Å². The molecule has 1 aromatic rings. The topological polar surface area (TPSA) is 43.4 Å². The molecule has 0 fully saturated rings. The molecule has 19 heavy (non-hydrogen) atoms. The van der Waals surface area contributed by atoms with E-state index in [1.54, 1.807) is 12.1 Å². The molecule has 0 aromatic heterocycles. The Kier molecular flexibility index (Phi) is 6.58. The molecular weight excluding hydrogens is 240 g/mol. The standard InChI is InChI=1S/C16H20O3/c1-3-4-5-6-14(12-17)11-13-7-9-15(10-8-13)16(18)19-2/h7-12H,3-6H2,1-2H3/b14-11+. The van der Waals surface area contributed by atoms with Gasteiger partial charge in [-0.2, -0.15) is 0 Å². The molecule has 0 amide bonds. The van der Waals surface area contributed by atoms with Gasteiger partial charge in [0.05, 0.1) is 12.7 Å². The summed E-state index contributed by atoms with van der Waals surface area (Å²) in [6, 6.07) is 7.03. The van der Waals surface area contributed by atoms with Crippen LogP contribution in [-0.4, -0.2) is 19.4 Å². The number of unbranched alkanes of at least 4 members (excludes halogenated alkanes) is 2. The van der Waals surface area contributed by atoms with Gasteiger partial charge in [0.25, 0.3) is 0 Å². The number of rotatable bonds is 7. The molecule has 0 spiro atoms. The third kappa shape index (κ3) is 5.08. The van der Waals surface area contributed by atoms with Gasteiger partial charge < -0.3 is 4.74 Å². The fraction of sp³-hybridized carbons (Fsp3) is 0.375. The molecule has 0 radical (unpaired) electrons. The summed E-state index contributed by atoms with van der Waals surface area (Å²) in [5, 5.41) is 0. The van der Waals surface area contributed by atoms with Gasteiger partial charge in [-0.15, -0.1) is 0 Å². The first-order valence-electron chi connectivity index (χ1n) is 6.55. The first kappa shape index (κ1) is 15.2. The molecular formula is C16H20O3. The quantitative estimate of drug-likeness (QED) is 0.325. The van der Waals surface area contributed by atoms with Crippen LogP contribution in [0, 0.1) is 0 Å². The average Bonchev–Trinajstić information content (AvgIpc) is 2.46. The van der Waals surface area contributed by atoms with Gasteiger partial charge in [0.15, 0.2) is 0 Å². The van der Waals surface area contributed by atoms with Crippen LogP contribution in [0.4, 0.5) is 0 Å². The van der Waals surface area contributed by atoms with Crippen LogP contribution in [-0.2, 0) is 9.53 Å². The second-order valence-electron chi connectivity index (χ2n) is 4.41. The van der Waals surface area contributed by atoms with Crippen LogP contribution >= 0.6 is 0 Å². The van der Waals surface area contributed by atoms with Crippen molar-refractivity contribution in [3.63, 3.8) is 0 Å². The van der Waals surface area contributed by atoms with E-state index in [1.165, 1.54) is 7.11 Å². The van der Waals surface area contributed by atoms with Gasteiger partial charge in [0.2, 0.25) is 0 Å². The van der Waals surface area contributed by atoms with Gasteiger partial charge in [-0.3, -0.25) is 4.79 Å². The Morgan fingerprint density at radius 2 is 1.89 bits per heavy atom.